The maximum atomic E-state index is 11.8. The van der Waals surface area contributed by atoms with Crippen molar-refractivity contribution in [2.75, 3.05) is 7.11 Å². The van der Waals surface area contributed by atoms with Crippen molar-refractivity contribution in [3.8, 4) is 0 Å². The van der Waals surface area contributed by atoms with Gasteiger partial charge in [-0.2, -0.15) is 0 Å². The number of rotatable bonds is 5. The number of carbonyl (C=O) groups excluding carboxylic acids is 1. The molecule has 1 heterocycles. The van der Waals surface area contributed by atoms with E-state index < -0.39 is 28.9 Å². The van der Waals surface area contributed by atoms with Crippen LogP contribution < -0.4 is 11.2 Å². The highest BCUT2D eigenvalue weighted by Crippen LogP contribution is 2.09. The van der Waals surface area contributed by atoms with Crippen molar-refractivity contribution < 1.29 is 19.4 Å². The van der Waals surface area contributed by atoms with E-state index in [-0.39, 0.29) is 12.0 Å². The highest BCUT2D eigenvalue weighted by Gasteiger charge is 2.15. The van der Waals surface area contributed by atoms with Crippen LogP contribution in [-0.4, -0.2) is 34.1 Å². The van der Waals surface area contributed by atoms with Crippen molar-refractivity contribution in [3.63, 3.8) is 0 Å². The lowest BCUT2D eigenvalue weighted by molar-refractivity contribution is 0.0599. The van der Waals surface area contributed by atoms with Gasteiger partial charge in [-0.25, -0.2) is 14.4 Å². The number of methoxy groups -OCH3 is 1. The van der Waals surface area contributed by atoms with Crippen LogP contribution in [0.15, 0.2) is 33.9 Å². The van der Waals surface area contributed by atoms with Crippen molar-refractivity contribution in [3.05, 3.63) is 67.5 Å². The first-order valence-electron chi connectivity index (χ1n) is 6.68. The van der Waals surface area contributed by atoms with Crippen LogP contribution in [-0.2, 0) is 17.6 Å². The molecule has 0 amide bonds. The molecule has 1 aromatic heterocycles. The summed E-state index contributed by atoms with van der Waals surface area (Å²) in [5.74, 6) is -1.83. The van der Waals surface area contributed by atoms with Crippen molar-refractivity contribution >= 4 is 11.9 Å². The first-order chi connectivity index (χ1) is 10.9. The van der Waals surface area contributed by atoms with Gasteiger partial charge in [-0.3, -0.25) is 9.78 Å². The maximum absolute atomic E-state index is 11.8. The Bertz CT molecular complexity index is 848. The quantitative estimate of drug-likeness (QED) is 0.681. The number of benzene rings is 1. The van der Waals surface area contributed by atoms with E-state index >= 15 is 0 Å². The Hall–Kier alpha value is -3.16. The fourth-order valence-corrected chi connectivity index (χ4v) is 2.13. The highest BCUT2D eigenvalue weighted by molar-refractivity contribution is 5.89. The normalized spacial score (nSPS) is 10.3. The maximum Gasteiger partial charge on any atom is 0.352 e. The van der Waals surface area contributed by atoms with Gasteiger partial charge in [0.1, 0.15) is 5.69 Å². The van der Waals surface area contributed by atoms with Gasteiger partial charge in [0, 0.05) is 5.56 Å². The molecule has 0 fully saturated rings. The molecule has 0 radical (unpaired) electrons. The highest BCUT2D eigenvalue weighted by atomic mass is 16.5. The van der Waals surface area contributed by atoms with E-state index in [1.165, 1.54) is 7.11 Å². The summed E-state index contributed by atoms with van der Waals surface area (Å²) in [6, 6.07) is 6.53. The molecular formula is C15H14N2O6. The molecule has 0 saturated carbocycles. The minimum Gasteiger partial charge on any atom is -0.477 e. The molecule has 0 aliphatic heterocycles. The number of carboxylic acids is 1. The first-order valence-corrected chi connectivity index (χ1v) is 6.68. The molecule has 8 nitrogen and oxygen atoms in total. The predicted octanol–water partition coefficient (Wildman–Crippen LogP) is 0.333. The number of H-pyrrole nitrogens is 2. The zero-order valence-electron chi connectivity index (χ0n) is 12.2. The van der Waals surface area contributed by atoms with E-state index in [4.69, 9.17) is 5.11 Å². The molecule has 0 spiro atoms. The lowest BCUT2D eigenvalue weighted by atomic mass is 10.0. The second-order valence-electron chi connectivity index (χ2n) is 4.76. The largest absolute Gasteiger partial charge is 0.477 e. The summed E-state index contributed by atoms with van der Waals surface area (Å²) in [6.07, 6.45) is 0.502. The standard InChI is InChI=1S/C15H14N2O6/c1-23-14(21)9-5-2-8(3-6-9)4-7-10-11(13(19)20)16-15(22)17-12(10)18/h2-3,5-6H,4,7H2,1H3,(H,19,20)(H2,16,17,18,22). The second kappa shape index (κ2) is 6.73. The van der Waals surface area contributed by atoms with E-state index in [9.17, 15) is 19.2 Å². The molecule has 0 unspecified atom stereocenters. The third-order valence-corrected chi connectivity index (χ3v) is 3.29. The van der Waals surface area contributed by atoms with Crippen molar-refractivity contribution in [2.24, 2.45) is 0 Å². The Kier molecular flexibility index (Phi) is 4.75. The van der Waals surface area contributed by atoms with E-state index in [1.54, 1.807) is 24.3 Å². The lowest BCUT2D eigenvalue weighted by Crippen LogP contribution is -2.30. The Morgan fingerprint density at radius 2 is 1.74 bits per heavy atom. The summed E-state index contributed by atoms with van der Waals surface area (Å²) < 4.78 is 4.59. The number of hydrogen-bond donors (Lipinski definition) is 3. The second-order valence-corrected chi connectivity index (χ2v) is 4.76. The van der Waals surface area contributed by atoms with E-state index in [1.807, 2.05) is 4.98 Å². The van der Waals surface area contributed by atoms with Crippen LogP contribution in [0, 0.1) is 0 Å². The number of nitrogens with one attached hydrogen (secondary N) is 2. The van der Waals surface area contributed by atoms with Gasteiger partial charge < -0.3 is 14.8 Å². The molecule has 1 aromatic carbocycles. The van der Waals surface area contributed by atoms with Gasteiger partial charge in [-0.15, -0.1) is 0 Å². The average molecular weight is 318 g/mol. The Labute approximate surface area is 129 Å². The molecule has 0 bridgehead atoms. The summed E-state index contributed by atoms with van der Waals surface area (Å²) in [5.41, 5.74) is -0.807. The van der Waals surface area contributed by atoms with E-state index in [0.717, 1.165) is 5.56 Å². The van der Waals surface area contributed by atoms with Gasteiger partial charge in [0.25, 0.3) is 5.56 Å². The van der Waals surface area contributed by atoms with Gasteiger partial charge >= 0.3 is 17.6 Å². The summed E-state index contributed by atoms with van der Waals surface area (Å²) in [6.45, 7) is 0. The Morgan fingerprint density at radius 1 is 1.09 bits per heavy atom. The zero-order chi connectivity index (χ0) is 17.0. The number of ether oxygens (including phenoxy) is 1. The van der Waals surface area contributed by atoms with Crippen LogP contribution in [0.2, 0.25) is 0 Å². The number of esters is 1. The predicted molar refractivity (Wildman–Crippen MR) is 79.8 cm³/mol. The van der Waals surface area contributed by atoms with Crippen LogP contribution >= 0.6 is 0 Å². The molecule has 0 aliphatic carbocycles. The third kappa shape index (κ3) is 3.73. The third-order valence-electron chi connectivity index (χ3n) is 3.29. The van der Waals surface area contributed by atoms with Crippen LogP contribution in [0.25, 0.3) is 0 Å². The molecule has 0 aliphatic rings. The number of aromatic amines is 2. The number of aromatic carboxylic acids is 1. The summed E-state index contributed by atoms with van der Waals surface area (Å²) in [7, 11) is 1.28. The summed E-state index contributed by atoms with van der Waals surface area (Å²) >= 11 is 0. The number of hydrogen-bond acceptors (Lipinski definition) is 5. The Balaban J connectivity index is 2.21. The van der Waals surface area contributed by atoms with Crippen molar-refractivity contribution in [1.82, 2.24) is 9.97 Å². The zero-order valence-corrected chi connectivity index (χ0v) is 12.2. The topological polar surface area (TPSA) is 129 Å². The molecule has 0 saturated heterocycles. The smallest absolute Gasteiger partial charge is 0.352 e. The van der Waals surface area contributed by atoms with Gasteiger partial charge in [0.2, 0.25) is 0 Å². The number of aromatic nitrogens is 2. The first kappa shape index (κ1) is 16.2. The molecule has 2 rings (SSSR count). The van der Waals surface area contributed by atoms with E-state index in [0.29, 0.717) is 12.0 Å². The molecule has 2 aromatic rings. The number of aryl methyl sites for hydroxylation is 1. The minimum atomic E-state index is -1.37. The van der Waals surface area contributed by atoms with E-state index in [2.05, 4.69) is 9.72 Å². The Morgan fingerprint density at radius 3 is 2.30 bits per heavy atom. The van der Waals surface area contributed by atoms with Gasteiger partial charge in [-0.1, -0.05) is 12.1 Å². The van der Waals surface area contributed by atoms with Crippen LogP contribution in [0.5, 0.6) is 0 Å². The van der Waals surface area contributed by atoms with Crippen molar-refractivity contribution in [1.29, 1.82) is 0 Å². The molecular weight excluding hydrogens is 304 g/mol. The summed E-state index contributed by atoms with van der Waals surface area (Å²) in [4.78, 5) is 49.5. The SMILES string of the molecule is COC(=O)c1ccc(CCc2c(C(=O)O)[nH]c(=O)[nH]c2=O)cc1. The number of carbonyl (C=O) groups is 2. The minimum absolute atomic E-state index is 0.00542. The van der Waals surface area contributed by atoms with Crippen LogP contribution in [0.3, 0.4) is 0 Å². The monoisotopic (exact) mass is 318 g/mol. The molecule has 8 heteroatoms. The van der Waals surface area contributed by atoms with Gasteiger partial charge in [0.15, 0.2) is 0 Å². The van der Waals surface area contributed by atoms with Gasteiger partial charge in [-0.05, 0) is 30.5 Å². The fourth-order valence-electron chi connectivity index (χ4n) is 2.13. The van der Waals surface area contributed by atoms with Crippen LogP contribution in [0.1, 0.15) is 32.0 Å². The van der Waals surface area contributed by atoms with Crippen LogP contribution in [0.4, 0.5) is 0 Å². The number of carboxylic acid groups (broad SMARTS) is 1. The average Bonchev–Trinajstić information content (AvgIpc) is 2.53. The van der Waals surface area contributed by atoms with Crippen molar-refractivity contribution in [2.45, 2.75) is 12.8 Å². The summed E-state index contributed by atoms with van der Waals surface area (Å²) in [5, 5.41) is 9.06. The molecule has 0 atom stereocenters. The molecule has 3 N–H and O–H groups in total. The molecule has 120 valence electrons. The molecule has 23 heavy (non-hydrogen) atoms. The van der Waals surface area contributed by atoms with Gasteiger partial charge in [0.05, 0.1) is 12.7 Å². The fraction of sp³-hybridized carbons (Fsp3) is 0.200. The lowest BCUT2D eigenvalue weighted by Gasteiger charge is -2.05.